The minimum Gasteiger partial charge on any atom is -0.397 e. The van der Waals surface area contributed by atoms with Gasteiger partial charge < -0.3 is 16.4 Å². The minimum absolute atomic E-state index is 0.107. The van der Waals surface area contributed by atoms with Gasteiger partial charge in [-0.3, -0.25) is 4.79 Å². The fourth-order valence-corrected chi connectivity index (χ4v) is 2.49. The second-order valence-electron chi connectivity index (χ2n) is 4.80. The molecule has 0 fully saturated rings. The predicted octanol–water partition coefficient (Wildman–Crippen LogP) is 3.56. The molecule has 2 aromatic carbocycles. The molecular weight excluding hydrogens is 330 g/mol. The van der Waals surface area contributed by atoms with Gasteiger partial charge in [0.05, 0.1) is 11.4 Å². The number of halogens is 1. The van der Waals surface area contributed by atoms with Crippen molar-refractivity contribution < 1.29 is 4.79 Å². The van der Waals surface area contributed by atoms with E-state index in [1.54, 1.807) is 19.2 Å². The average Bonchev–Trinajstić information content (AvgIpc) is 2.48. The van der Waals surface area contributed by atoms with Gasteiger partial charge >= 0.3 is 0 Å². The molecule has 21 heavy (non-hydrogen) atoms. The lowest BCUT2D eigenvalue weighted by atomic mass is 10.1. The molecule has 2 aromatic rings. The maximum absolute atomic E-state index is 11.6. The van der Waals surface area contributed by atoms with Crippen LogP contribution in [0.4, 0.5) is 11.4 Å². The van der Waals surface area contributed by atoms with Gasteiger partial charge in [0.1, 0.15) is 0 Å². The molecule has 0 radical (unpaired) electrons. The van der Waals surface area contributed by atoms with Crippen LogP contribution in [0.3, 0.4) is 0 Å². The Bertz CT molecular complexity index is 658. The van der Waals surface area contributed by atoms with Crippen molar-refractivity contribution in [2.45, 2.75) is 13.0 Å². The number of carbonyl (C=O) groups excluding carboxylic acids is 1. The quantitative estimate of drug-likeness (QED) is 0.740. The van der Waals surface area contributed by atoms with Crippen molar-refractivity contribution in [3.05, 3.63) is 58.1 Å². The van der Waals surface area contributed by atoms with Crippen molar-refractivity contribution in [2.75, 3.05) is 18.1 Å². The van der Waals surface area contributed by atoms with E-state index in [4.69, 9.17) is 5.73 Å². The van der Waals surface area contributed by atoms with E-state index in [2.05, 4.69) is 45.6 Å². The first kappa shape index (κ1) is 15.4. The van der Waals surface area contributed by atoms with Crippen LogP contribution in [0.2, 0.25) is 0 Å². The van der Waals surface area contributed by atoms with Crippen LogP contribution in [0.15, 0.2) is 46.9 Å². The molecule has 0 aliphatic heterocycles. The smallest absolute Gasteiger partial charge is 0.251 e. The molecule has 2 rings (SSSR count). The number of amides is 1. The molecular formula is C16H18BrN3O. The van der Waals surface area contributed by atoms with E-state index < -0.39 is 0 Å². The lowest BCUT2D eigenvalue weighted by Gasteiger charge is -2.18. The Kier molecular flexibility index (Phi) is 4.85. The Morgan fingerprint density at radius 3 is 2.62 bits per heavy atom. The molecule has 0 saturated heterocycles. The number of carbonyl (C=O) groups is 1. The van der Waals surface area contributed by atoms with Crippen molar-refractivity contribution in [2.24, 2.45) is 0 Å². The molecule has 4 N–H and O–H groups in total. The van der Waals surface area contributed by atoms with Crippen molar-refractivity contribution in [1.29, 1.82) is 0 Å². The van der Waals surface area contributed by atoms with Gasteiger partial charge in [-0.15, -0.1) is 0 Å². The summed E-state index contributed by atoms with van der Waals surface area (Å²) in [4.78, 5) is 11.6. The fraction of sp³-hybridized carbons (Fsp3) is 0.188. The SMILES string of the molecule is CNC(=O)c1ccc(NC(C)c2cccc(Br)c2)c(N)c1. The number of rotatable bonds is 4. The monoisotopic (exact) mass is 347 g/mol. The second kappa shape index (κ2) is 6.63. The zero-order valence-corrected chi connectivity index (χ0v) is 13.6. The molecule has 0 spiro atoms. The van der Waals surface area contributed by atoms with E-state index in [0.29, 0.717) is 11.3 Å². The molecule has 0 aliphatic rings. The fourth-order valence-electron chi connectivity index (χ4n) is 2.07. The number of anilines is 2. The van der Waals surface area contributed by atoms with Crippen LogP contribution in [-0.2, 0) is 0 Å². The summed E-state index contributed by atoms with van der Waals surface area (Å²) in [5, 5.41) is 5.94. The highest BCUT2D eigenvalue weighted by Gasteiger charge is 2.10. The van der Waals surface area contributed by atoms with Gasteiger partial charge in [0.25, 0.3) is 5.91 Å². The van der Waals surface area contributed by atoms with Gasteiger partial charge in [-0.25, -0.2) is 0 Å². The summed E-state index contributed by atoms with van der Waals surface area (Å²) in [6.45, 7) is 2.06. The minimum atomic E-state index is -0.145. The Morgan fingerprint density at radius 2 is 2.00 bits per heavy atom. The summed E-state index contributed by atoms with van der Waals surface area (Å²) in [5.74, 6) is -0.145. The van der Waals surface area contributed by atoms with E-state index in [-0.39, 0.29) is 11.9 Å². The number of hydrogen-bond donors (Lipinski definition) is 3. The summed E-state index contributed by atoms with van der Waals surface area (Å²) in [7, 11) is 1.60. The van der Waals surface area contributed by atoms with E-state index in [1.165, 1.54) is 0 Å². The molecule has 0 aromatic heterocycles. The lowest BCUT2D eigenvalue weighted by Crippen LogP contribution is -2.18. The number of nitrogen functional groups attached to an aromatic ring is 1. The summed E-state index contributed by atoms with van der Waals surface area (Å²) >= 11 is 3.47. The molecule has 5 heteroatoms. The molecule has 0 saturated carbocycles. The van der Waals surface area contributed by atoms with Crippen molar-refractivity contribution in [3.63, 3.8) is 0 Å². The lowest BCUT2D eigenvalue weighted by molar-refractivity contribution is 0.0963. The Labute approximate surface area is 132 Å². The maximum atomic E-state index is 11.6. The van der Waals surface area contributed by atoms with Crippen molar-refractivity contribution >= 4 is 33.2 Å². The van der Waals surface area contributed by atoms with Crippen molar-refractivity contribution in [3.8, 4) is 0 Å². The topological polar surface area (TPSA) is 67.2 Å². The molecule has 1 atom stereocenters. The molecule has 0 bridgehead atoms. The molecule has 110 valence electrons. The molecule has 1 amide bonds. The van der Waals surface area contributed by atoms with E-state index in [1.807, 2.05) is 18.2 Å². The Morgan fingerprint density at radius 1 is 1.24 bits per heavy atom. The van der Waals surface area contributed by atoms with Crippen LogP contribution in [-0.4, -0.2) is 13.0 Å². The Balaban J connectivity index is 2.18. The molecule has 0 heterocycles. The summed E-state index contributed by atoms with van der Waals surface area (Å²) in [5.41, 5.74) is 9.09. The normalized spacial score (nSPS) is 11.8. The zero-order chi connectivity index (χ0) is 15.4. The highest BCUT2D eigenvalue weighted by Crippen LogP contribution is 2.26. The van der Waals surface area contributed by atoms with Gasteiger partial charge in [-0.1, -0.05) is 28.1 Å². The number of nitrogens with one attached hydrogen (secondary N) is 2. The van der Waals surface area contributed by atoms with Gasteiger partial charge in [-0.2, -0.15) is 0 Å². The second-order valence-corrected chi connectivity index (χ2v) is 5.72. The number of hydrogen-bond acceptors (Lipinski definition) is 3. The first-order valence-electron chi connectivity index (χ1n) is 6.65. The van der Waals surface area contributed by atoms with Crippen LogP contribution in [0.5, 0.6) is 0 Å². The standard InChI is InChI=1S/C16H18BrN3O/c1-10(11-4-3-5-13(17)8-11)20-15-7-6-12(9-14(15)18)16(21)19-2/h3-10,20H,18H2,1-2H3,(H,19,21). The third kappa shape index (κ3) is 3.76. The molecule has 4 nitrogen and oxygen atoms in total. The van der Waals surface area contributed by atoms with E-state index in [0.717, 1.165) is 15.7 Å². The van der Waals surface area contributed by atoms with Gasteiger partial charge in [0, 0.05) is 23.1 Å². The molecule has 0 aliphatic carbocycles. The van der Waals surface area contributed by atoms with Crippen molar-refractivity contribution in [1.82, 2.24) is 5.32 Å². The van der Waals surface area contributed by atoms with Crippen LogP contribution < -0.4 is 16.4 Å². The summed E-state index contributed by atoms with van der Waals surface area (Å²) in [6.07, 6.45) is 0. The van der Waals surface area contributed by atoms with Crippen LogP contribution >= 0.6 is 15.9 Å². The summed E-state index contributed by atoms with van der Waals surface area (Å²) < 4.78 is 1.04. The first-order valence-corrected chi connectivity index (χ1v) is 7.44. The van der Waals surface area contributed by atoms with Crippen LogP contribution in [0, 0.1) is 0 Å². The largest absolute Gasteiger partial charge is 0.397 e. The average molecular weight is 348 g/mol. The number of benzene rings is 2. The van der Waals surface area contributed by atoms with Gasteiger partial charge in [-0.05, 0) is 42.8 Å². The van der Waals surface area contributed by atoms with Crippen LogP contribution in [0.25, 0.3) is 0 Å². The van der Waals surface area contributed by atoms with Crippen LogP contribution in [0.1, 0.15) is 28.9 Å². The highest BCUT2D eigenvalue weighted by molar-refractivity contribution is 9.10. The summed E-state index contributed by atoms with van der Waals surface area (Å²) in [6, 6.07) is 13.5. The zero-order valence-electron chi connectivity index (χ0n) is 12.0. The highest BCUT2D eigenvalue weighted by atomic mass is 79.9. The molecule has 1 unspecified atom stereocenters. The van der Waals surface area contributed by atoms with E-state index in [9.17, 15) is 4.79 Å². The number of nitrogens with two attached hydrogens (primary N) is 1. The predicted molar refractivity (Wildman–Crippen MR) is 90.4 cm³/mol. The third-order valence-electron chi connectivity index (χ3n) is 3.26. The maximum Gasteiger partial charge on any atom is 0.251 e. The third-order valence-corrected chi connectivity index (χ3v) is 3.75. The van der Waals surface area contributed by atoms with Gasteiger partial charge in [0.15, 0.2) is 0 Å². The first-order chi connectivity index (χ1) is 10.0. The van der Waals surface area contributed by atoms with E-state index >= 15 is 0 Å². The van der Waals surface area contributed by atoms with Gasteiger partial charge in [0.2, 0.25) is 0 Å². The Hall–Kier alpha value is -2.01.